The predicted molar refractivity (Wildman–Crippen MR) is 96.4 cm³/mol. The number of para-hydroxylation sites is 1. The topological polar surface area (TPSA) is 54.0 Å². The van der Waals surface area contributed by atoms with Gasteiger partial charge in [0, 0.05) is 43.6 Å². The molecule has 0 bridgehead atoms. The normalized spacial score (nSPS) is 18.4. The first kappa shape index (κ1) is 17.5. The van der Waals surface area contributed by atoms with Crippen LogP contribution < -0.4 is 19.7 Å². The van der Waals surface area contributed by atoms with Gasteiger partial charge in [0.15, 0.2) is 11.5 Å². The number of alkyl halides is 2. The Labute approximate surface area is 155 Å². The number of carbonyl (C=O) groups excluding carboxylic acids is 1. The number of ether oxygens (including phenoxy) is 2. The molecule has 8 heteroatoms. The van der Waals surface area contributed by atoms with Crippen LogP contribution in [0.3, 0.4) is 0 Å². The van der Waals surface area contributed by atoms with E-state index in [0.717, 1.165) is 26.2 Å². The average molecular weight is 375 g/mol. The first-order valence-corrected chi connectivity index (χ1v) is 8.71. The van der Waals surface area contributed by atoms with E-state index in [4.69, 9.17) is 0 Å². The summed E-state index contributed by atoms with van der Waals surface area (Å²) < 4.78 is 34.8. The molecular weight excluding hydrogens is 356 g/mol. The van der Waals surface area contributed by atoms with E-state index in [2.05, 4.69) is 36.7 Å². The standard InChI is InChI=1S/C19H19F2N3O3/c20-19(21)26-16-7-6-14(12-17(16)27-19)22-18(25)13-23-8-10-24(11-9-23)15-4-2-1-3-5-15/h1-7,12H,8-11,13H2,(H,22,25). The summed E-state index contributed by atoms with van der Waals surface area (Å²) in [5.41, 5.74) is 1.57. The number of hydrogen-bond donors (Lipinski definition) is 1. The SMILES string of the molecule is O=C(CN1CCN(c2ccccc2)CC1)Nc1ccc2c(c1)OC(F)(F)O2. The van der Waals surface area contributed by atoms with Crippen LogP contribution in [0.15, 0.2) is 48.5 Å². The summed E-state index contributed by atoms with van der Waals surface area (Å²) in [6.45, 7) is 3.48. The number of anilines is 2. The van der Waals surface area contributed by atoms with E-state index in [9.17, 15) is 13.6 Å². The number of amides is 1. The molecule has 2 heterocycles. The van der Waals surface area contributed by atoms with Crippen LogP contribution in [0.2, 0.25) is 0 Å². The van der Waals surface area contributed by atoms with E-state index in [0.29, 0.717) is 5.69 Å². The third-order valence-corrected chi connectivity index (χ3v) is 4.55. The van der Waals surface area contributed by atoms with Gasteiger partial charge < -0.3 is 19.7 Å². The second-order valence-corrected chi connectivity index (χ2v) is 6.48. The van der Waals surface area contributed by atoms with Crippen LogP contribution >= 0.6 is 0 Å². The molecule has 0 unspecified atom stereocenters. The molecular formula is C19H19F2N3O3. The van der Waals surface area contributed by atoms with Crippen LogP contribution in [0.4, 0.5) is 20.2 Å². The van der Waals surface area contributed by atoms with Crippen molar-refractivity contribution in [3.8, 4) is 11.5 Å². The number of benzene rings is 2. The Kier molecular flexibility index (Phi) is 4.57. The van der Waals surface area contributed by atoms with Crippen molar-refractivity contribution in [1.82, 2.24) is 4.90 Å². The van der Waals surface area contributed by atoms with Crippen LogP contribution in [0.25, 0.3) is 0 Å². The fourth-order valence-corrected chi connectivity index (χ4v) is 3.23. The highest BCUT2D eigenvalue weighted by Crippen LogP contribution is 2.42. The van der Waals surface area contributed by atoms with Crippen molar-refractivity contribution in [3.63, 3.8) is 0 Å². The van der Waals surface area contributed by atoms with Crippen LogP contribution in [0.5, 0.6) is 11.5 Å². The van der Waals surface area contributed by atoms with Gasteiger partial charge in [0.1, 0.15) is 0 Å². The van der Waals surface area contributed by atoms with Gasteiger partial charge in [0.2, 0.25) is 5.91 Å². The Morgan fingerprint density at radius 3 is 2.44 bits per heavy atom. The number of fused-ring (bicyclic) bond motifs is 1. The molecule has 0 atom stereocenters. The van der Waals surface area contributed by atoms with Gasteiger partial charge in [-0.1, -0.05) is 18.2 Å². The number of hydrogen-bond acceptors (Lipinski definition) is 5. The maximum absolute atomic E-state index is 13.1. The first-order chi connectivity index (χ1) is 13.0. The van der Waals surface area contributed by atoms with E-state index in [1.165, 1.54) is 23.9 Å². The van der Waals surface area contributed by atoms with Crippen molar-refractivity contribution in [2.24, 2.45) is 0 Å². The van der Waals surface area contributed by atoms with Crippen molar-refractivity contribution >= 4 is 17.3 Å². The van der Waals surface area contributed by atoms with Crippen LogP contribution in [0, 0.1) is 0 Å². The molecule has 0 saturated carbocycles. The summed E-state index contributed by atoms with van der Waals surface area (Å²) in [6.07, 6.45) is -3.66. The zero-order valence-electron chi connectivity index (χ0n) is 14.5. The zero-order chi connectivity index (χ0) is 18.9. The molecule has 0 spiro atoms. The number of nitrogens with zero attached hydrogens (tertiary/aromatic N) is 2. The van der Waals surface area contributed by atoms with Crippen molar-refractivity contribution in [3.05, 3.63) is 48.5 Å². The largest absolute Gasteiger partial charge is 0.586 e. The molecule has 2 aromatic carbocycles. The van der Waals surface area contributed by atoms with Crippen molar-refractivity contribution in [2.45, 2.75) is 6.29 Å². The highest BCUT2D eigenvalue weighted by atomic mass is 19.3. The van der Waals surface area contributed by atoms with Gasteiger partial charge in [-0.15, -0.1) is 8.78 Å². The van der Waals surface area contributed by atoms with Crippen LogP contribution in [0.1, 0.15) is 0 Å². The monoisotopic (exact) mass is 375 g/mol. The van der Waals surface area contributed by atoms with Gasteiger partial charge in [0.05, 0.1) is 6.54 Å². The van der Waals surface area contributed by atoms with Gasteiger partial charge in [-0.25, -0.2) is 0 Å². The fraction of sp³-hybridized carbons (Fsp3) is 0.316. The summed E-state index contributed by atoms with van der Waals surface area (Å²) in [6, 6.07) is 14.4. The summed E-state index contributed by atoms with van der Waals surface area (Å²) >= 11 is 0. The molecule has 2 aliphatic rings. The summed E-state index contributed by atoms with van der Waals surface area (Å²) in [5, 5.41) is 2.71. The molecule has 1 fully saturated rings. The summed E-state index contributed by atoms with van der Waals surface area (Å²) in [4.78, 5) is 16.6. The molecule has 27 heavy (non-hydrogen) atoms. The molecule has 1 saturated heterocycles. The maximum atomic E-state index is 13.1. The molecule has 1 N–H and O–H groups in total. The van der Waals surface area contributed by atoms with E-state index in [1.807, 2.05) is 18.2 Å². The number of rotatable bonds is 4. The predicted octanol–water partition coefficient (Wildman–Crippen LogP) is 2.77. The minimum atomic E-state index is -3.66. The lowest BCUT2D eigenvalue weighted by molar-refractivity contribution is -0.286. The van der Waals surface area contributed by atoms with E-state index >= 15 is 0 Å². The van der Waals surface area contributed by atoms with Crippen LogP contribution in [-0.4, -0.2) is 49.8 Å². The molecule has 1 amide bonds. The molecule has 6 nitrogen and oxygen atoms in total. The second kappa shape index (κ2) is 7.03. The highest BCUT2D eigenvalue weighted by Gasteiger charge is 2.43. The Hall–Kier alpha value is -2.87. The third-order valence-electron chi connectivity index (χ3n) is 4.55. The Morgan fingerprint density at radius 1 is 1.00 bits per heavy atom. The third kappa shape index (κ3) is 4.11. The fourth-order valence-electron chi connectivity index (χ4n) is 3.23. The maximum Gasteiger partial charge on any atom is 0.586 e. The minimum Gasteiger partial charge on any atom is -0.395 e. The molecule has 2 aliphatic heterocycles. The van der Waals surface area contributed by atoms with Gasteiger partial charge in [-0.05, 0) is 24.3 Å². The quantitative estimate of drug-likeness (QED) is 0.891. The Balaban J connectivity index is 1.28. The molecule has 0 aromatic heterocycles. The lowest BCUT2D eigenvalue weighted by Crippen LogP contribution is -2.48. The number of halogens is 2. The average Bonchev–Trinajstić information content (AvgIpc) is 2.96. The minimum absolute atomic E-state index is 0.0463. The first-order valence-electron chi connectivity index (χ1n) is 8.71. The smallest absolute Gasteiger partial charge is 0.395 e. The number of piperazine rings is 1. The van der Waals surface area contributed by atoms with Gasteiger partial charge in [-0.2, -0.15) is 0 Å². The molecule has 0 aliphatic carbocycles. The van der Waals surface area contributed by atoms with Gasteiger partial charge >= 0.3 is 6.29 Å². The van der Waals surface area contributed by atoms with E-state index < -0.39 is 6.29 Å². The summed E-state index contributed by atoms with van der Waals surface area (Å²) in [7, 11) is 0. The molecule has 142 valence electrons. The molecule has 4 rings (SSSR count). The van der Waals surface area contributed by atoms with Crippen molar-refractivity contribution < 1.29 is 23.0 Å². The van der Waals surface area contributed by atoms with Gasteiger partial charge in [-0.3, -0.25) is 9.69 Å². The van der Waals surface area contributed by atoms with Crippen molar-refractivity contribution in [2.75, 3.05) is 42.9 Å². The number of nitrogens with one attached hydrogen (secondary N) is 1. The highest BCUT2D eigenvalue weighted by molar-refractivity contribution is 5.92. The Morgan fingerprint density at radius 2 is 1.70 bits per heavy atom. The Bertz CT molecular complexity index is 824. The molecule has 0 radical (unpaired) electrons. The molecule has 2 aromatic rings. The summed E-state index contributed by atoms with van der Waals surface area (Å²) in [5.74, 6) is -0.335. The second-order valence-electron chi connectivity index (χ2n) is 6.48. The van der Waals surface area contributed by atoms with Crippen molar-refractivity contribution in [1.29, 1.82) is 0 Å². The van der Waals surface area contributed by atoms with E-state index in [-0.39, 0.29) is 24.0 Å². The lowest BCUT2D eigenvalue weighted by atomic mass is 10.2. The van der Waals surface area contributed by atoms with Crippen LogP contribution in [-0.2, 0) is 4.79 Å². The van der Waals surface area contributed by atoms with Gasteiger partial charge in [0.25, 0.3) is 0 Å². The lowest BCUT2D eigenvalue weighted by Gasteiger charge is -2.35. The van der Waals surface area contributed by atoms with E-state index in [1.54, 1.807) is 0 Å². The number of carbonyl (C=O) groups is 1. The zero-order valence-corrected chi connectivity index (χ0v) is 14.5.